The first-order chi connectivity index (χ1) is 8.42. The molecule has 0 unspecified atom stereocenters. The third kappa shape index (κ3) is 2.50. The first kappa shape index (κ1) is 10.8. The molecule has 1 heteroatoms. The highest BCUT2D eigenvalue weighted by molar-refractivity contribution is 5.82. The average Bonchev–Trinajstić information content (AvgIpc) is 2.89. The van der Waals surface area contributed by atoms with Gasteiger partial charge in [0.25, 0.3) is 0 Å². The fourth-order valence-electron chi connectivity index (χ4n) is 2.66. The number of fused-ring (bicyclic) bond motifs is 1. The second kappa shape index (κ2) is 4.89. The van der Waals surface area contributed by atoms with Crippen LogP contribution < -0.4 is 5.32 Å². The van der Waals surface area contributed by atoms with Gasteiger partial charge < -0.3 is 5.32 Å². The summed E-state index contributed by atoms with van der Waals surface area (Å²) in [7, 11) is 0. The molecule has 1 saturated carbocycles. The molecular formula is C16H18N. The van der Waals surface area contributed by atoms with Gasteiger partial charge in [-0.25, -0.2) is 0 Å². The molecule has 0 heterocycles. The fourth-order valence-corrected chi connectivity index (χ4v) is 2.66. The van der Waals surface area contributed by atoms with Crippen LogP contribution in [0.5, 0.6) is 0 Å². The molecule has 1 aliphatic rings. The molecule has 0 aliphatic heterocycles. The van der Waals surface area contributed by atoms with Crippen molar-refractivity contribution in [2.24, 2.45) is 0 Å². The molecule has 87 valence electrons. The third-order valence-corrected chi connectivity index (χ3v) is 3.68. The van der Waals surface area contributed by atoms with E-state index in [-0.39, 0.29) is 0 Å². The van der Waals surface area contributed by atoms with E-state index in [1.807, 2.05) is 0 Å². The van der Waals surface area contributed by atoms with Gasteiger partial charge in [0.05, 0.1) is 0 Å². The van der Waals surface area contributed by atoms with Gasteiger partial charge in [-0.15, -0.1) is 0 Å². The lowest BCUT2D eigenvalue weighted by Crippen LogP contribution is -2.25. The Balaban J connectivity index is 1.72. The molecule has 0 bridgehead atoms. The zero-order valence-corrected chi connectivity index (χ0v) is 10.1. The van der Waals surface area contributed by atoms with Crippen molar-refractivity contribution in [2.45, 2.75) is 38.3 Å². The lowest BCUT2D eigenvalue weighted by molar-refractivity contribution is 0.524. The Labute approximate surface area is 103 Å². The van der Waals surface area contributed by atoms with E-state index < -0.39 is 0 Å². The van der Waals surface area contributed by atoms with Crippen LogP contribution in [0.3, 0.4) is 0 Å². The van der Waals surface area contributed by atoms with Crippen LogP contribution in [0.25, 0.3) is 10.8 Å². The summed E-state index contributed by atoms with van der Waals surface area (Å²) < 4.78 is 0. The van der Waals surface area contributed by atoms with Gasteiger partial charge >= 0.3 is 0 Å². The van der Waals surface area contributed by atoms with Crippen molar-refractivity contribution < 1.29 is 0 Å². The molecule has 0 atom stereocenters. The fraction of sp³-hybridized carbons (Fsp3) is 0.375. The third-order valence-electron chi connectivity index (χ3n) is 3.68. The quantitative estimate of drug-likeness (QED) is 0.838. The Bertz CT molecular complexity index is 498. The molecule has 2 aromatic rings. The van der Waals surface area contributed by atoms with Gasteiger partial charge in [-0.05, 0) is 47.4 Å². The molecule has 0 amide bonds. The molecule has 3 rings (SSSR count). The highest BCUT2D eigenvalue weighted by Gasteiger charge is 2.13. The summed E-state index contributed by atoms with van der Waals surface area (Å²) in [5.41, 5.74) is 1.27. The van der Waals surface area contributed by atoms with Gasteiger partial charge in [0.1, 0.15) is 0 Å². The maximum atomic E-state index is 3.63. The number of rotatable bonds is 3. The van der Waals surface area contributed by atoms with Crippen molar-refractivity contribution in [1.82, 2.24) is 5.32 Å². The summed E-state index contributed by atoms with van der Waals surface area (Å²) in [6, 6.07) is 16.9. The molecule has 1 nitrogen and oxygen atoms in total. The van der Waals surface area contributed by atoms with Gasteiger partial charge in [-0.2, -0.15) is 0 Å². The van der Waals surface area contributed by atoms with Crippen molar-refractivity contribution in [2.75, 3.05) is 0 Å². The Kier molecular flexibility index (Phi) is 3.10. The average molecular weight is 224 g/mol. The van der Waals surface area contributed by atoms with Gasteiger partial charge in [-0.1, -0.05) is 37.1 Å². The largest absolute Gasteiger partial charge is 0.310 e. The minimum absolute atomic E-state index is 0.731. The van der Waals surface area contributed by atoms with E-state index in [0.29, 0.717) is 0 Å². The highest BCUT2D eigenvalue weighted by Crippen LogP contribution is 2.19. The lowest BCUT2D eigenvalue weighted by Gasteiger charge is -2.11. The molecule has 1 radical (unpaired) electrons. The highest BCUT2D eigenvalue weighted by atomic mass is 14.9. The standard InChI is InChI=1S/C16H18N/c1-2-6-15-11-13(9-10-14(15)5-1)12-17-16-7-3-4-8-16/h1-2,5-6,10-11,16-17H,3-4,7-8,12H2. The Morgan fingerprint density at radius 3 is 2.71 bits per heavy atom. The molecular weight excluding hydrogens is 206 g/mol. The van der Waals surface area contributed by atoms with Gasteiger partial charge in [-0.3, -0.25) is 0 Å². The monoisotopic (exact) mass is 224 g/mol. The van der Waals surface area contributed by atoms with Crippen LogP contribution in [-0.4, -0.2) is 6.04 Å². The number of hydrogen-bond acceptors (Lipinski definition) is 1. The number of hydrogen-bond donors (Lipinski definition) is 1. The second-order valence-electron chi connectivity index (χ2n) is 4.95. The van der Waals surface area contributed by atoms with Crippen LogP contribution >= 0.6 is 0 Å². The Morgan fingerprint density at radius 2 is 1.88 bits per heavy atom. The van der Waals surface area contributed by atoms with Crippen LogP contribution in [0, 0.1) is 6.07 Å². The summed E-state index contributed by atoms with van der Waals surface area (Å²) >= 11 is 0. The molecule has 0 aromatic heterocycles. The van der Waals surface area contributed by atoms with E-state index in [2.05, 4.69) is 47.8 Å². The number of nitrogens with one attached hydrogen (secondary N) is 1. The zero-order chi connectivity index (χ0) is 11.5. The summed E-state index contributed by atoms with van der Waals surface area (Å²) in [5.74, 6) is 0. The lowest BCUT2D eigenvalue weighted by atomic mass is 10.1. The number of benzene rings is 2. The molecule has 0 spiro atoms. The van der Waals surface area contributed by atoms with Crippen LogP contribution in [0.2, 0.25) is 0 Å². The maximum absolute atomic E-state index is 3.63. The second-order valence-corrected chi connectivity index (χ2v) is 4.95. The van der Waals surface area contributed by atoms with Crippen molar-refractivity contribution >= 4 is 10.8 Å². The summed E-state index contributed by atoms with van der Waals surface area (Å²) in [5, 5.41) is 6.22. The molecule has 1 N–H and O–H groups in total. The smallest absolute Gasteiger partial charge is 0.0214 e. The summed E-state index contributed by atoms with van der Waals surface area (Å²) in [6.07, 6.45) is 5.46. The van der Waals surface area contributed by atoms with Gasteiger partial charge in [0.15, 0.2) is 0 Å². The van der Waals surface area contributed by atoms with E-state index >= 15 is 0 Å². The summed E-state index contributed by atoms with van der Waals surface area (Å²) in [6.45, 7) is 0.954. The van der Waals surface area contributed by atoms with E-state index in [1.54, 1.807) is 0 Å². The van der Waals surface area contributed by atoms with Crippen LogP contribution in [0.4, 0.5) is 0 Å². The Hall–Kier alpha value is -1.34. The van der Waals surface area contributed by atoms with Crippen LogP contribution in [-0.2, 0) is 6.54 Å². The predicted molar refractivity (Wildman–Crippen MR) is 71.9 cm³/mol. The van der Waals surface area contributed by atoms with Crippen LogP contribution in [0.15, 0.2) is 36.4 Å². The van der Waals surface area contributed by atoms with Gasteiger partial charge in [0, 0.05) is 12.6 Å². The first-order valence-corrected chi connectivity index (χ1v) is 6.54. The van der Waals surface area contributed by atoms with Crippen LogP contribution in [0.1, 0.15) is 31.2 Å². The summed E-state index contributed by atoms with van der Waals surface area (Å²) in [4.78, 5) is 0. The van der Waals surface area contributed by atoms with Gasteiger partial charge in [0.2, 0.25) is 0 Å². The molecule has 1 aliphatic carbocycles. The molecule has 1 fully saturated rings. The maximum Gasteiger partial charge on any atom is 0.0214 e. The molecule has 17 heavy (non-hydrogen) atoms. The molecule has 0 saturated heterocycles. The van der Waals surface area contributed by atoms with Crippen molar-refractivity contribution in [3.63, 3.8) is 0 Å². The predicted octanol–water partition coefficient (Wildman–Crippen LogP) is 3.67. The minimum Gasteiger partial charge on any atom is -0.310 e. The topological polar surface area (TPSA) is 12.0 Å². The van der Waals surface area contributed by atoms with E-state index in [1.165, 1.54) is 42.0 Å². The van der Waals surface area contributed by atoms with E-state index in [4.69, 9.17) is 0 Å². The van der Waals surface area contributed by atoms with E-state index in [9.17, 15) is 0 Å². The first-order valence-electron chi connectivity index (χ1n) is 6.54. The zero-order valence-electron chi connectivity index (χ0n) is 10.1. The van der Waals surface area contributed by atoms with E-state index in [0.717, 1.165) is 12.6 Å². The van der Waals surface area contributed by atoms with Crippen molar-refractivity contribution in [1.29, 1.82) is 0 Å². The van der Waals surface area contributed by atoms with Crippen molar-refractivity contribution in [3.05, 3.63) is 48.0 Å². The van der Waals surface area contributed by atoms with Crippen molar-refractivity contribution in [3.8, 4) is 0 Å². The normalized spacial score (nSPS) is 16.7. The molecule has 2 aromatic carbocycles. The SMILES string of the molecule is [c]1cc2ccccc2cc1CNC1CCCC1. The minimum atomic E-state index is 0.731. The Morgan fingerprint density at radius 1 is 1.12 bits per heavy atom.